The number of hydrogen-bond acceptors (Lipinski definition) is 3. The second-order valence-corrected chi connectivity index (χ2v) is 5.46. The van der Waals surface area contributed by atoms with Crippen LogP contribution in [0.3, 0.4) is 0 Å². The molecule has 0 atom stereocenters. The molecule has 110 valence electrons. The molecule has 0 aromatic heterocycles. The van der Waals surface area contributed by atoms with Gasteiger partial charge in [-0.2, -0.15) is 0 Å². The van der Waals surface area contributed by atoms with Crippen molar-refractivity contribution in [3.63, 3.8) is 0 Å². The molecule has 0 spiro atoms. The van der Waals surface area contributed by atoms with Gasteiger partial charge in [-0.15, -0.1) is 0 Å². The van der Waals surface area contributed by atoms with Crippen molar-refractivity contribution in [3.8, 4) is 11.5 Å². The van der Waals surface area contributed by atoms with Crippen molar-refractivity contribution in [2.24, 2.45) is 5.73 Å². The summed E-state index contributed by atoms with van der Waals surface area (Å²) in [6.45, 7) is 0.280. The summed E-state index contributed by atoms with van der Waals surface area (Å²) >= 11 is 17.0. The van der Waals surface area contributed by atoms with E-state index in [-0.39, 0.29) is 6.61 Å². The lowest BCUT2D eigenvalue weighted by molar-refractivity contribution is 0.284. The van der Waals surface area contributed by atoms with E-state index in [9.17, 15) is 0 Å². The van der Waals surface area contributed by atoms with Crippen LogP contribution in [-0.2, 0) is 6.61 Å². The number of hydrogen-bond donors (Lipinski definition) is 1. The zero-order valence-electron chi connectivity index (χ0n) is 11.2. The maximum atomic E-state index is 6.12. The largest absolute Gasteiger partial charge is 0.493 e. The maximum absolute atomic E-state index is 6.12. The summed E-state index contributed by atoms with van der Waals surface area (Å²) in [6, 6.07) is 10.7. The Morgan fingerprint density at radius 1 is 1.19 bits per heavy atom. The maximum Gasteiger partial charge on any atom is 0.161 e. The molecule has 0 saturated carbocycles. The van der Waals surface area contributed by atoms with Crippen molar-refractivity contribution < 1.29 is 9.47 Å². The number of benzene rings is 2. The highest BCUT2D eigenvalue weighted by molar-refractivity contribution is 7.80. The van der Waals surface area contributed by atoms with Gasteiger partial charge in [0.25, 0.3) is 0 Å². The normalized spacial score (nSPS) is 10.2. The van der Waals surface area contributed by atoms with Crippen LogP contribution in [-0.4, -0.2) is 12.1 Å². The van der Waals surface area contributed by atoms with E-state index < -0.39 is 0 Å². The van der Waals surface area contributed by atoms with Gasteiger partial charge in [0.1, 0.15) is 11.6 Å². The first-order valence-electron chi connectivity index (χ1n) is 6.06. The van der Waals surface area contributed by atoms with Crippen molar-refractivity contribution in [3.05, 3.63) is 57.6 Å². The number of nitrogens with two attached hydrogens (primary N) is 1. The molecule has 0 fully saturated rings. The molecule has 2 N–H and O–H groups in total. The standard InChI is InChI=1S/C15H13Cl2NO2S/c1-19-13-7-9(15(18)21)5-6-12(13)20-8-10-3-2-4-11(16)14(10)17/h2-7H,8H2,1H3,(H2,18,21). The van der Waals surface area contributed by atoms with E-state index in [1.807, 2.05) is 12.1 Å². The first kappa shape index (κ1) is 15.9. The van der Waals surface area contributed by atoms with Crippen molar-refractivity contribution >= 4 is 40.4 Å². The third kappa shape index (κ3) is 3.79. The summed E-state index contributed by atoms with van der Waals surface area (Å²) < 4.78 is 11.0. The summed E-state index contributed by atoms with van der Waals surface area (Å²) in [5, 5.41) is 0.978. The van der Waals surface area contributed by atoms with Crippen LogP contribution in [0.5, 0.6) is 11.5 Å². The van der Waals surface area contributed by atoms with Crippen LogP contribution < -0.4 is 15.2 Å². The second kappa shape index (κ2) is 6.98. The molecule has 0 aliphatic carbocycles. The first-order chi connectivity index (χ1) is 10.0. The number of ether oxygens (including phenoxy) is 2. The SMILES string of the molecule is COc1cc(C(N)=S)ccc1OCc1cccc(Cl)c1Cl. The number of rotatable bonds is 5. The third-order valence-electron chi connectivity index (χ3n) is 2.86. The molecule has 6 heteroatoms. The Labute approximate surface area is 138 Å². The molecule has 0 bridgehead atoms. The number of halogens is 2. The molecule has 0 amide bonds. The van der Waals surface area contributed by atoms with Gasteiger partial charge in [0.2, 0.25) is 0 Å². The van der Waals surface area contributed by atoms with Gasteiger partial charge in [0.15, 0.2) is 11.5 Å². The van der Waals surface area contributed by atoms with Crippen LogP contribution in [0, 0.1) is 0 Å². The van der Waals surface area contributed by atoms with E-state index in [0.717, 1.165) is 11.1 Å². The van der Waals surface area contributed by atoms with Gasteiger partial charge in [0.05, 0.1) is 17.2 Å². The highest BCUT2D eigenvalue weighted by Gasteiger charge is 2.09. The van der Waals surface area contributed by atoms with E-state index in [1.54, 1.807) is 31.4 Å². The average molecular weight is 342 g/mol. The zero-order chi connectivity index (χ0) is 15.4. The van der Waals surface area contributed by atoms with Crippen molar-refractivity contribution in [2.45, 2.75) is 6.61 Å². The Morgan fingerprint density at radius 3 is 2.62 bits per heavy atom. The van der Waals surface area contributed by atoms with Crippen molar-refractivity contribution in [1.29, 1.82) is 0 Å². The van der Waals surface area contributed by atoms with Crippen LogP contribution in [0.1, 0.15) is 11.1 Å². The number of thiocarbonyl (C=S) groups is 1. The van der Waals surface area contributed by atoms with Gasteiger partial charge in [-0.05, 0) is 24.3 Å². The summed E-state index contributed by atoms with van der Waals surface area (Å²) in [6.07, 6.45) is 0. The van der Waals surface area contributed by atoms with Crippen LogP contribution >= 0.6 is 35.4 Å². The lowest BCUT2D eigenvalue weighted by Crippen LogP contribution is -2.09. The molecule has 0 saturated heterocycles. The molecule has 0 aliphatic heterocycles. The molecule has 0 unspecified atom stereocenters. The molecule has 2 aromatic rings. The summed E-state index contributed by atoms with van der Waals surface area (Å²) in [7, 11) is 1.55. The van der Waals surface area contributed by atoms with E-state index >= 15 is 0 Å². The zero-order valence-corrected chi connectivity index (χ0v) is 13.6. The van der Waals surface area contributed by atoms with E-state index in [2.05, 4.69) is 0 Å². The predicted molar refractivity (Wildman–Crippen MR) is 89.7 cm³/mol. The van der Waals surface area contributed by atoms with Gasteiger partial charge in [-0.3, -0.25) is 0 Å². The first-order valence-corrected chi connectivity index (χ1v) is 7.23. The monoisotopic (exact) mass is 341 g/mol. The van der Waals surface area contributed by atoms with Crippen LogP contribution in [0.25, 0.3) is 0 Å². The topological polar surface area (TPSA) is 44.5 Å². The summed E-state index contributed by atoms with van der Waals surface area (Å²) in [5.74, 6) is 1.13. The minimum Gasteiger partial charge on any atom is -0.493 e. The number of methoxy groups -OCH3 is 1. The second-order valence-electron chi connectivity index (χ2n) is 4.23. The van der Waals surface area contributed by atoms with Gasteiger partial charge < -0.3 is 15.2 Å². The average Bonchev–Trinajstić information content (AvgIpc) is 2.48. The highest BCUT2D eigenvalue weighted by atomic mass is 35.5. The quantitative estimate of drug-likeness (QED) is 0.827. The Balaban J connectivity index is 2.20. The molecule has 2 aromatic carbocycles. The summed E-state index contributed by atoms with van der Waals surface area (Å²) in [5.41, 5.74) is 7.11. The van der Waals surface area contributed by atoms with Gasteiger partial charge in [-0.1, -0.05) is 47.6 Å². The van der Waals surface area contributed by atoms with E-state index in [4.69, 9.17) is 50.6 Å². The minimum atomic E-state index is 0.280. The fourth-order valence-electron chi connectivity index (χ4n) is 1.76. The van der Waals surface area contributed by atoms with Crippen molar-refractivity contribution in [1.82, 2.24) is 0 Å². The predicted octanol–water partition coefficient (Wildman–Crippen LogP) is 4.22. The molecule has 0 radical (unpaired) electrons. The molecule has 0 heterocycles. The molecular weight excluding hydrogens is 329 g/mol. The third-order valence-corrected chi connectivity index (χ3v) is 3.96. The van der Waals surface area contributed by atoms with E-state index in [0.29, 0.717) is 26.5 Å². The molecule has 0 aliphatic rings. The Morgan fingerprint density at radius 2 is 1.95 bits per heavy atom. The van der Waals surface area contributed by atoms with Gasteiger partial charge >= 0.3 is 0 Å². The van der Waals surface area contributed by atoms with Gasteiger partial charge in [0, 0.05) is 11.1 Å². The van der Waals surface area contributed by atoms with Crippen LogP contribution in [0.4, 0.5) is 0 Å². The summed E-state index contributed by atoms with van der Waals surface area (Å²) in [4.78, 5) is 0.303. The molecule has 3 nitrogen and oxygen atoms in total. The van der Waals surface area contributed by atoms with Crippen molar-refractivity contribution in [2.75, 3.05) is 7.11 Å². The molecule has 2 rings (SSSR count). The molecule has 21 heavy (non-hydrogen) atoms. The smallest absolute Gasteiger partial charge is 0.161 e. The van der Waals surface area contributed by atoms with E-state index in [1.165, 1.54) is 0 Å². The minimum absolute atomic E-state index is 0.280. The lowest BCUT2D eigenvalue weighted by atomic mass is 10.2. The fraction of sp³-hybridized carbons (Fsp3) is 0.133. The Hall–Kier alpha value is -1.49. The Bertz CT molecular complexity index is 677. The fourth-order valence-corrected chi connectivity index (χ4v) is 2.26. The Kier molecular flexibility index (Phi) is 5.28. The van der Waals surface area contributed by atoms with Gasteiger partial charge in [-0.25, -0.2) is 0 Å². The highest BCUT2D eigenvalue weighted by Crippen LogP contribution is 2.31. The lowest BCUT2D eigenvalue weighted by Gasteiger charge is -2.13. The molecular formula is C15H13Cl2NO2S. The van der Waals surface area contributed by atoms with Crippen LogP contribution in [0.2, 0.25) is 10.0 Å². The van der Waals surface area contributed by atoms with Crippen LogP contribution in [0.15, 0.2) is 36.4 Å².